The van der Waals surface area contributed by atoms with E-state index in [9.17, 15) is 19.2 Å². The van der Waals surface area contributed by atoms with Gasteiger partial charge >= 0.3 is 11.9 Å². The summed E-state index contributed by atoms with van der Waals surface area (Å²) in [5.41, 5.74) is 0. The molecule has 4 N–H and O–H groups in total. The van der Waals surface area contributed by atoms with Crippen molar-refractivity contribution in [3.05, 3.63) is 72.9 Å². The minimum absolute atomic E-state index is 0.168. The van der Waals surface area contributed by atoms with Crippen molar-refractivity contribution < 1.29 is 34.1 Å². The molecule has 0 aromatic carbocycles. The van der Waals surface area contributed by atoms with Crippen LogP contribution in [0.15, 0.2) is 72.9 Å². The highest BCUT2D eigenvalue weighted by Gasteiger charge is 2.18. The van der Waals surface area contributed by atoms with Crippen LogP contribution >= 0.6 is 0 Å². The number of carbonyl (C=O) groups is 4. The lowest BCUT2D eigenvalue weighted by atomic mass is 10.1. The molecule has 0 rings (SSSR count). The molecule has 0 radical (unpaired) electrons. The van der Waals surface area contributed by atoms with E-state index in [0.717, 1.165) is 64.2 Å². The normalized spacial score (nSPS) is 13.2. The molecule has 0 aliphatic rings. The average Bonchev–Trinajstić information content (AvgIpc) is 3.18. The Hall–Kier alpha value is -3.72. The molecule has 0 spiro atoms. The number of ether oxygens (including phenoxy) is 1. The van der Waals surface area contributed by atoms with E-state index in [4.69, 9.17) is 14.9 Å². The zero-order valence-electron chi connectivity index (χ0n) is 35.1. The van der Waals surface area contributed by atoms with E-state index in [1.807, 2.05) is 12.2 Å². The van der Waals surface area contributed by atoms with E-state index in [0.29, 0.717) is 19.3 Å². The van der Waals surface area contributed by atoms with Gasteiger partial charge < -0.3 is 25.6 Å². The number of esters is 1. The van der Waals surface area contributed by atoms with Gasteiger partial charge in [0.15, 0.2) is 0 Å². The van der Waals surface area contributed by atoms with E-state index >= 15 is 0 Å². The Bertz CT molecular complexity index is 1170. The number of unbranched alkanes of at least 4 members (excludes halogenated alkanes) is 14. The van der Waals surface area contributed by atoms with E-state index in [2.05, 4.69) is 85.2 Å². The molecule has 0 aromatic heterocycles. The number of allylic oxidation sites excluding steroid dienone is 11. The van der Waals surface area contributed by atoms with E-state index in [-0.39, 0.29) is 30.9 Å². The fraction of sp³-hybridized carbons (Fsp3) is 0.660. The molecule has 0 bridgehead atoms. The van der Waals surface area contributed by atoms with Gasteiger partial charge in [0.05, 0.1) is 13.2 Å². The van der Waals surface area contributed by atoms with Gasteiger partial charge in [-0.25, -0.2) is 4.79 Å². The Kier molecular flexibility index (Phi) is 38.2. The van der Waals surface area contributed by atoms with Crippen LogP contribution in [-0.4, -0.2) is 59.3 Å². The minimum Gasteiger partial charge on any atom is -0.480 e. The lowest BCUT2D eigenvalue weighted by Crippen LogP contribution is -2.47. The standard InChI is InChI=1S/C47H78N2O7/c1-3-5-7-9-11-13-15-16-17-18-19-20-21-22-24-26-28-30-35-39-46(53)56-42(36-32-29-27-25-23-14-12-10-8-6-4-2)37-33-31-34-38-44(51)48-40-45(52)49-43(41-50)47(54)55/h6,8,11-14,16-17,25,27,32,36,42-43,50H,3-5,7,9-10,15,18-24,26,28-31,33-35,37-41H2,1-2H3,(H,48,51)(H,49,52)(H,54,55)/b8-6-,13-11-,14-12-,17-16-,27-25-,36-32-. The van der Waals surface area contributed by atoms with Crippen LogP contribution in [0.5, 0.6) is 0 Å². The van der Waals surface area contributed by atoms with Gasteiger partial charge in [-0.05, 0) is 89.5 Å². The zero-order chi connectivity index (χ0) is 41.2. The van der Waals surface area contributed by atoms with E-state index in [1.165, 1.54) is 70.6 Å². The molecule has 2 atom stereocenters. The molecule has 9 nitrogen and oxygen atoms in total. The van der Waals surface area contributed by atoms with Crippen LogP contribution < -0.4 is 10.6 Å². The first-order valence-corrected chi connectivity index (χ1v) is 21.8. The molecule has 9 heteroatoms. The molecule has 0 aromatic rings. The fourth-order valence-electron chi connectivity index (χ4n) is 5.83. The number of aliphatic hydroxyl groups excluding tert-OH is 1. The summed E-state index contributed by atoms with van der Waals surface area (Å²) in [7, 11) is 0. The Morgan fingerprint density at radius 1 is 0.571 bits per heavy atom. The first-order valence-electron chi connectivity index (χ1n) is 21.8. The largest absolute Gasteiger partial charge is 0.480 e. The summed E-state index contributed by atoms with van der Waals surface area (Å²) < 4.78 is 5.87. The summed E-state index contributed by atoms with van der Waals surface area (Å²) in [6.45, 7) is 3.28. The second-order valence-electron chi connectivity index (χ2n) is 14.4. The second-order valence-corrected chi connectivity index (χ2v) is 14.4. The molecule has 0 saturated carbocycles. The van der Waals surface area contributed by atoms with Crippen LogP contribution in [0.3, 0.4) is 0 Å². The summed E-state index contributed by atoms with van der Waals surface area (Å²) in [6.07, 6.45) is 50.9. The molecule has 0 aliphatic carbocycles. The number of hydrogen-bond donors (Lipinski definition) is 4. The Morgan fingerprint density at radius 3 is 1.64 bits per heavy atom. The quantitative estimate of drug-likeness (QED) is 0.0277. The monoisotopic (exact) mass is 783 g/mol. The SMILES string of the molecule is CC/C=C\C/C=C\C/C=C\C/C=C\C(CCCCCC(=O)NCC(=O)NC(CO)C(=O)O)OC(=O)CCCCCCCCCCC/C=C\C/C=C\CCCCC. The maximum Gasteiger partial charge on any atom is 0.328 e. The van der Waals surface area contributed by atoms with Gasteiger partial charge in [0.25, 0.3) is 0 Å². The Morgan fingerprint density at radius 2 is 1.07 bits per heavy atom. The van der Waals surface area contributed by atoms with E-state index in [1.54, 1.807) is 0 Å². The number of nitrogens with one attached hydrogen (secondary N) is 2. The molecule has 0 fully saturated rings. The van der Waals surface area contributed by atoms with Crippen LogP contribution in [0.2, 0.25) is 0 Å². The third kappa shape index (κ3) is 37.2. The maximum absolute atomic E-state index is 12.7. The van der Waals surface area contributed by atoms with Crippen molar-refractivity contribution in [1.29, 1.82) is 0 Å². The number of rotatable bonds is 38. The second kappa shape index (κ2) is 40.9. The maximum atomic E-state index is 12.7. The van der Waals surface area contributed by atoms with Crippen molar-refractivity contribution in [3.63, 3.8) is 0 Å². The number of hydrogen-bond acceptors (Lipinski definition) is 6. The lowest BCUT2D eigenvalue weighted by molar-refractivity contribution is -0.147. The number of carbonyl (C=O) groups excluding carboxylic acids is 3. The Balaban J connectivity index is 4.40. The number of aliphatic hydroxyl groups is 1. The molecular weight excluding hydrogens is 705 g/mol. The summed E-state index contributed by atoms with van der Waals surface area (Å²) in [5, 5.41) is 22.6. The highest BCUT2D eigenvalue weighted by Crippen LogP contribution is 2.15. The van der Waals surface area contributed by atoms with Crippen LogP contribution in [0.1, 0.15) is 174 Å². The fourth-order valence-corrected chi connectivity index (χ4v) is 5.83. The van der Waals surface area contributed by atoms with E-state index < -0.39 is 24.5 Å². The topological polar surface area (TPSA) is 142 Å². The highest BCUT2D eigenvalue weighted by atomic mass is 16.5. The molecule has 0 heterocycles. The highest BCUT2D eigenvalue weighted by molar-refractivity contribution is 5.87. The van der Waals surface area contributed by atoms with Crippen molar-refractivity contribution in [1.82, 2.24) is 10.6 Å². The molecule has 2 unspecified atom stereocenters. The van der Waals surface area contributed by atoms with Gasteiger partial charge in [0.2, 0.25) is 11.8 Å². The number of carboxylic acids is 1. The van der Waals surface area contributed by atoms with Crippen LogP contribution in [-0.2, 0) is 23.9 Å². The van der Waals surface area contributed by atoms with Crippen LogP contribution in [0.4, 0.5) is 0 Å². The summed E-state index contributed by atoms with van der Waals surface area (Å²) in [4.78, 5) is 47.7. The number of aliphatic carboxylic acids is 1. The van der Waals surface area contributed by atoms with Gasteiger partial charge in [-0.3, -0.25) is 14.4 Å². The van der Waals surface area contributed by atoms with Crippen LogP contribution in [0, 0.1) is 0 Å². The van der Waals surface area contributed by atoms with Crippen molar-refractivity contribution in [2.45, 2.75) is 187 Å². The van der Waals surface area contributed by atoms with Gasteiger partial charge in [-0.1, -0.05) is 145 Å². The van der Waals surface area contributed by atoms with Crippen molar-refractivity contribution >= 4 is 23.8 Å². The average molecular weight is 783 g/mol. The van der Waals surface area contributed by atoms with Crippen molar-refractivity contribution in [2.75, 3.05) is 13.2 Å². The molecule has 0 aliphatic heterocycles. The van der Waals surface area contributed by atoms with Crippen molar-refractivity contribution in [3.8, 4) is 0 Å². The smallest absolute Gasteiger partial charge is 0.328 e. The summed E-state index contributed by atoms with van der Waals surface area (Å²) >= 11 is 0. The number of carboxylic acid groups (broad SMARTS) is 1. The van der Waals surface area contributed by atoms with Crippen molar-refractivity contribution in [2.24, 2.45) is 0 Å². The first kappa shape index (κ1) is 52.3. The van der Waals surface area contributed by atoms with Gasteiger partial charge in [-0.2, -0.15) is 0 Å². The lowest BCUT2D eigenvalue weighted by Gasteiger charge is -2.15. The van der Waals surface area contributed by atoms with Gasteiger partial charge in [0.1, 0.15) is 12.1 Å². The Labute approximate surface area is 340 Å². The third-order valence-electron chi connectivity index (χ3n) is 9.17. The zero-order valence-corrected chi connectivity index (χ0v) is 35.1. The summed E-state index contributed by atoms with van der Waals surface area (Å²) in [6, 6.07) is -1.41. The number of amides is 2. The predicted octanol–water partition coefficient (Wildman–Crippen LogP) is 10.7. The first-order chi connectivity index (χ1) is 27.3. The molecule has 318 valence electrons. The summed E-state index contributed by atoms with van der Waals surface area (Å²) in [5.74, 6) is -2.51. The third-order valence-corrected chi connectivity index (χ3v) is 9.17. The molecule has 0 saturated heterocycles. The van der Waals surface area contributed by atoms with Crippen LogP contribution in [0.25, 0.3) is 0 Å². The minimum atomic E-state index is -1.41. The molecule has 56 heavy (non-hydrogen) atoms. The molecular formula is C47H78N2O7. The predicted molar refractivity (Wildman–Crippen MR) is 231 cm³/mol. The molecule has 2 amide bonds. The van der Waals surface area contributed by atoms with Gasteiger partial charge in [-0.15, -0.1) is 0 Å². The van der Waals surface area contributed by atoms with Gasteiger partial charge in [0, 0.05) is 12.8 Å².